The summed E-state index contributed by atoms with van der Waals surface area (Å²) in [4.78, 5) is 25.4. The van der Waals surface area contributed by atoms with Crippen molar-refractivity contribution in [2.24, 2.45) is 0 Å². The summed E-state index contributed by atoms with van der Waals surface area (Å²) in [6, 6.07) is 15.2. The smallest absolute Gasteiger partial charge is 0.304 e. The summed E-state index contributed by atoms with van der Waals surface area (Å²) in [5.41, 5.74) is 4.73. The van der Waals surface area contributed by atoms with Gasteiger partial charge in [0.2, 0.25) is 0 Å². The molecule has 2 aromatic heterocycles. The van der Waals surface area contributed by atoms with Gasteiger partial charge < -0.3 is 19.9 Å². The summed E-state index contributed by atoms with van der Waals surface area (Å²) in [7, 11) is 0. The molecule has 1 unspecified atom stereocenters. The summed E-state index contributed by atoms with van der Waals surface area (Å²) < 4.78 is 27.0. The number of likely N-dealkylation sites (tertiary alicyclic amines) is 1. The third-order valence-corrected chi connectivity index (χ3v) is 9.02. The number of aliphatic carboxylic acids is 1. The van der Waals surface area contributed by atoms with Crippen LogP contribution in [-0.4, -0.2) is 82.9 Å². The fourth-order valence-corrected chi connectivity index (χ4v) is 6.53. The van der Waals surface area contributed by atoms with Gasteiger partial charge in [-0.05, 0) is 73.7 Å². The van der Waals surface area contributed by atoms with Gasteiger partial charge in [-0.3, -0.25) is 19.6 Å². The Morgan fingerprint density at radius 3 is 2.76 bits per heavy atom. The number of pyridine rings is 2. The van der Waals surface area contributed by atoms with E-state index >= 15 is 4.39 Å². The molecule has 0 amide bonds. The van der Waals surface area contributed by atoms with Crippen LogP contribution in [0.3, 0.4) is 0 Å². The number of hydrogen-bond acceptors (Lipinski definition) is 8. The Kier molecular flexibility index (Phi) is 10.4. The number of halogens is 1. The fourth-order valence-electron chi connectivity index (χ4n) is 6.53. The van der Waals surface area contributed by atoms with E-state index in [1.165, 1.54) is 0 Å². The summed E-state index contributed by atoms with van der Waals surface area (Å²) in [6.07, 6.45) is 7.63. The van der Waals surface area contributed by atoms with Crippen molar-refractivity contribution in [3.05, 3.63) is 77.9 Å². The number of anilines is 2. The predicted molar refractivity (Wildman–Crippen MR) is 177 cm³/mol. The van der Waals surface area contributed by atoms with Crippen molar-refractivity contribution in [3.63, 3.8) is 0 Å². The molecule has 0 saturated carbocycles. The molecular weight excluding hydrogens is 585 g/mol. The van der Waals surface area contributed by atoms with E-state index in [-0.39, 0.29) is 24.0 Å². The third kappa shape index (κ3) is 7.63. The van der Waals surface area contributed by atoms with Crippen LogP contribution in [0, 0.1) is 12.7 Å². The van der Waals surface area contributed by atoms with E-state index in [9.17, 15) is 9.90 Å². The second kappa shape index (κ2) is 15.0. The number of hydrogen-bond donors (Lipinski definition) is 2. The molecule has 2 saturated heterocycles. The van der Waals surface area contributed by atoms with E-state index in [0.717, 1.165) is 98.4 Å². The SMILES string of the molecule is Cc1c(Nc2nccc3cc(CN4CCCCC4CC(=O)O)cnc23)cccc1-c1cccc(OCCCN2CCOCC2)c1F. The Morgan fingerprint density at radius 2 is 1.91 bits per heavy atom. The van der Waals surface area contributed by atoms with Gasteiger partial charge in [0.15, 0.2) is 17.4 Å². The lowest BCUT2D eigenvalue weighted by Gasteiger charge is -2.34. The standard InChI is InChI=1S/C36H42FN5O4/c1-25-29(30-9-5-11-32(34(30)37)46-18-6-14-41-16-19-45-20-17-41)8-4-10-31(25)40-36-35-27(12-13-38-36)21-26(23-39-35)24-42-15-3-2-7-28(42)22-33(43)44/h4-5,8-13,21,23,28H,2-3,6-7,14-20,22,24H2,1H3,(H,38,40)(H,43,44). The molecule has 9 nitrogen and oxygen atoms in total. The summed E-state index contributed by atoms with van der Waals surface area (Å²) in [5, 5.41) is 13.8. The van der Waals surface area contributed by atoms with Gasteiger partial charge >= 0.3 is 5.97 Å². The maximum Gasteiger partial charge on any atom is 0.304 e. The Labute approximate surface area is 269 Å². The van der Waals surface area contributed by atoms with Crippen molar-refractivity contribution >= 4 is 28.4 Å². The molecule has 1 atom stereocenters. The van der Waals surface area contributed by atoms with Crippen molar-refractivity contribution in [3.8, 4) is 16.9 Å². The molecule has 2 N–H and O–H groups in total. The van der Waals surface area contributed by atoms with Crippen LogP contribution in [0.25, 0.3) is 22.0 Å². The normalized spacial score (nSPS) is 17.7. The van der Waals surface area contributed by atoms with Crippen LogP contribution >= 0.6 is 0 Å². The number of benzene rings is 2. The largest absolute Gasteiger partial charge is 0.490 e. The zero-order valence-corrected chi connectivity index (χ0v) is 26.4. The number of fused-ring (bicyclic) bond motifs is 1. The number of carbonyl (C=O) groups is 1. The van der Waals surface area contributed by atoms with Gasteiger partial charge in [0.05, 0.1) is 26.2 Å². The van der Waals surface area contributed by atoms with Gasteiger partial charge in [0, 0.05) is 61.3 Å². The van der Waals surface area contributed by atoms with Crippen LogP contribution in [-0.2, 0) is 16.1 Å². The van der Waals surface area contributed by atoms with Gasteiger partial charge in [0.1, 0.15) is 5.52 Å². The lowest BCUT2D eigenvalue weighted by Crippen LogP contribution is -2.40. The quantitative estimate of drug-likeness (QED) is 0.172. The van der Waals surface area contributed by atoms with E-state index in [1.54, 1.807) is 18.3 Å². The van der Waals surface area contributed by atoms with Crippen molar-refractivity contribution in [1.82, 2.24) is 19.8 Å². The van der Waals surface area contributed by atoms with Crippen molar-refractivity contribution in [1.29, 1.82) is 0 Å². The highest BCUT2D eigenvalue weighted by atomic mass is 19.1. The molecule has 0 spiro atoms. The number of aromatic nitrogens is 2. The number of morpholine rings is 1. The topological polar surface area (TPSA) is 100 Å². The molecule has 10 heteroatoms. The van der Waals surface area contributed by atoms with Crippen LogP contribution in [0.4, 0.5) is 15.9 Å². The number of nitrogens with zero attached hydrogens (tertiary/aromatic N) is 4. The molecule has 2 fully saturated rings. The first-order chi connectivity index (χ1) is 22.5. The van der Waals surface area contributed by atoms with Crippen LogP contribution in [0.1, 0.15) is 43.2 Å². The first-order valence-corrected chi connectivity index (χ1v) is 16.2. The Morgan fingerprint density at radius 1 is 1.09 bits per heavy atom. The summed E-state index contributed by atoms with van der Waals surface area (Å²) >= 11 is 0. The molecule has 242 valence electrons. The van der Waals surface area contributed by atoms with Crippen LogP contribution in [0.2, 0.25) is 0 Å². The van der Waals surface area contributed by atoms with Gasteiger partial charge in [-0.15, -0.1) is 0 Å². The lowest BCUT2D eigenvalue weighted by molar-refractivity contribution is -0.138. The molecule has 46 heavy (non-hydrogen) atoms. The average molecular weight is 628 g/mol. The number of carboxylic acid groups (broad SMARTS) is 1. The maximum absolute atomic E-state index is 15.8. The molecule has 6 rings (SSSR count). The Bertz CT molecular complexity index is 1660. The van der Waals surface area contributed by atoms with Crippen molar-refractivity contribution in [2.45, 2.75) is 51.6 Å². The zero-order valence-electron chi connectivity index (χ0n) is 26.4. The van der Waals surface area contributed by atoms with Gasteiger partial charge in [-0.2, -0.15) is 0 Å². The first-order valence-electron chi connectivity index (χ1n) is 16.2. The number of ether oxygens (including phenoxy) is 2. The molecular formula is C36H42FN5O4. The second-order valence-electron chi connectivity index (χ2n) is 12.2. The maximum atomic E-state index is 15.8. The van der Waals surface area contributed by atoms with Crippen molar-refractivity contribution in [2.75, 3.05) is 51.3 Å². The van der Waals surface area contributed by atoms with E-state index in [1.807, 2.05) is 43.5 Å². The Hall–Kier alpha value is -4.12. The Balaban J connectivity index is 1.16. The van der Waals surface area contributed by atoms with E-state index in [0.29, 0.717) is 24.5 Å². The van der Waals surface area contributed by atoms with Crippen LogP contribution in [0.15, 0.2) is 60.9 Å². The highest BCUT2D eigenvalue weighted by molar-refractivity contribution is 5.91. The van der Waals surface area contributed by atoms with Gasteiger partial charge in [-0.25, -0.2) is 9.37 Å². The van der Waals surface area contributed by atoms with E-state index in [4.69, 9.17) is 14.5 Å². The van der Waals surface area contributed by atoms with Gasteiger partial charge in [0.25, 0.3) is 0 Å². The molecule has 0 bridgehead atoms. The monoisotopic (exact) mass is 627 g/mol. The number of piperidine rings is 1. The van der Waals surface area contributed by atoms with E-state index in [2.05, 4.69) is 26.2 Å². The minimum Gasteiger partial charge on any atom is -0.490 e. The molecule has 2 aromatic carbocycles. The molecule has 4 heterocycles. The molecule has 4 aromatic rings. The van der Waals surface area contributed by atoms with Gasteiger partial charge in [-0.1, -0.05) is 30.7 Å². The highest BCUT2D eigenvalue weighted by Gasteiger charge is 2.25. The number of carboxylic acids is 1. The van der Waals surface area contributed by atoms with E-state index < -0.39 is 5.97 Å². The average Bonchev–Trinajstić information content (AvgIpc) is 3.06. The summed E-state index contributed by atoms with van der Waals surface area (Å²) in [5.74, 6) is -0.255. The second-order valence-corrected chi connectivity index (χ2v) is 12.2. The molecule has 0 aliphatic carbocycles. The number of nitrogens with one attached hydrogen (secondary N) is 1. The first kappa shape index (κ1) is 31.8. The minimum atomic E-state index is -0.756. The number of rotatable bonds is 12. The lowest BCUT2D eigenvalue weighted by atomic mass is 9.98. The molecule has 2 aliphatic rings. The highest BCUT2D eigenvalue weighted by Crippen LogP contribution is 2.35. The molecule has 0 radical (unpaired) electrons. The predicted octanol–water partition coefficient (Wildman–Crippen LogP) is 6.42. The summed E-state index contributed by atoms with van der Waals surface area (Å²) in [6.45, 7) is 8.24. The molecule has 2 aliphatic heterocycles. The van der Waals surface area contributed by atoms with Crippen LogP contribution in [0.5, 0.6) is 5.75 Å². The fraction of sp³-hybridized carbons (Fsp3) is 0.417. The van der Waals surface area contributed by atoms with Crippen molar-refractivity contribution < 1.29 is 23.8 Å². The zero-order chi connectivity index (χ0) is 31.9. The third-order valence-electron chi connectivity index (χ3n) is 9.02. The minimum absolute atomic E-state index is 0.0457. The van der Waals surface area contributed by atoms with Crippen LogP contribution < -0.4 is 10.1 Å².